The summed E-state index contributed by atoms with van der Waals surface area (Å²) in [6, 6.07) is -0.977. The molecule has 3 atom stereocenters. The van der Waals surface area contributed by atoms with Crippen LogP contribution in [0.4, 0.5) is 4.79 Å². The van der Waals surface area contributed by atoms with Crippen molar-refractivity contribution in [3.8, 4) is 0 Å². The second kappa shape index (κ2) is 5.83. The van der Waals surface area contributed by atoms with Crippen molar-refractivity contribution >= 4 is 12.0 Å². The Balaban J connectivity index is 2.15. The highest BCUT2D eigenvalue weighted by Gasteiger charge is 2.46. The molecule has 0 radical (unpaired) electrons. The molecule has 120 valence electrons. The predicted molar refractivity (Wildman–Crippen MR) is 77.9 cm³/mol. The summed E-state index contributed by atoms with van der Waals surface area (Å²) >= 11 is 0. The lowest BCUT2D eigenvalue weighted by molar-refractivity contribution is -0.149. The van der Waals surface area contributed by atoms with Crippen LogP contribution >= 0.6 is 0 Å². The number of urea groups is 1. The Bertz CT molecular complexity index is 424. The predicted octanol–water partition coefficient (Wildman–Crippen LogP) is 1.38. The Morgan fingerprint density at radius 2 is 1.90 bits per heavy atom. The molecule has 2 saturated heterocycles. The van der Waals surface area contributed by atoms with Gasteiger partial charge in [-0.15, -0.1) is 0 Å². The summed E-state index contributed by atoms with van der Waals surface area (Å²) in [6.45, 7) is 7.21. The van der Waals surface area contributed by atoms with Crippen LogP contribution in [-0.4, -0.2) is 63.8 Å². The third-order valence-corrected chi connectivity index (χ3v) is 4.88. The van der Waals surface area contributed by atoms with Gasteiger partial charge in [0.05, 0.1) is 6.10 Å². The van der Waals surface area contributed by atoms with E-state index in [2.05, 4.69) is 0 Å². The van der Waals surface area contributed by atoms with Gasteiger partial charge in [-0.25, -0.2) is 9.59 Å². The first kappa shape index (κ1) is 16.1. The summed E-state index contributed by atoms with van der Waals surface area (Å²) in [5, 5.41) is 19.3. The Morgan fingerprint density at radius 1 is 1.24 bits per heavy atom. The molecule has 2 aliphatic rings. The average Bonchev–Trinajstić information content (AvgIpc) is 2.39. The first-order valence-electron chi connectivity index (χ1n) is 7.70. The monoisotopic (exact) mass is 298 g/mol. The summed E-state index contributed by atoms with van der Waals surface area (Å²) < 4.78 is 0. The van der Waals surface area contributed by atoms with Crippen molar-refractivity contribution in [1.82, 2.24) is 9.80 Å². The SMILES string of the molecule is CC1CN(C(=O)N2CCCC(C)(C)C2C(=O)O)CCC1O. The van der Waals surface area contributed by atoms with Gasteiger partial charge < -0.3 is 20.0 Å². The van der Waals surface area contributed by atoms with E-state index in [0.29, 0.717) is 26.1 Å². The fraction of sp³-hybridized carbons (Fsp3) is 0.867. The Morgan fingerprint density at radius 3 is 2.48 bits per heavy atom. The number of likely N-dealkylation sites (tertiary alicyclic amines) is 2. The third kappa shape index (κ3) is 3.15. The molecule has 2 rings (SSSR count). The van der Waals surface area contributed by atoms with E-state index in [0.717, 1.165) is 12.8 Å². The molecule has 6 nitrogen and oxygen atoms in total. The Labute approximate surface area is 125 Å². The molecule has 2 amide bonds. The highest BCUT2D eigenvalue weighted by molar-refractivity contribution is 5.83. The summed E-state index contributed by atoms with van der Waals surface area (Å²) in [5.41, 5.74) is -0.416. The zero-order chi connectivity index (χ0) is 15.8. The van der Waals surface area contributed by atoms with Crippen LogP contribution in [0.15, 0.2) is 0 Å². The first-order chi connectivity index (χ1) is 9.74. The Kier molecular flexibility index (Phi) is 4.46. The number of carboxylic acid groups (broad SMARTS) is 1. The summed E-state index contributed by atoms with van der Waals surface area (Å²) in [6.07, 6.45) is 1.82. The van der Waals surface area contributed by atoms with E-state index >= 15 is 0 Å². The van der Waals surface area contributed by atoms with Crippen LogP contribution in [0.3, 0.4) is 0 Å². The summed E-state index contributed by atoms with van der Waals surface area (Å²) in [7, 11) is 0. The van der Waals surface area contributed by atoms with E-state index in [1.165, 1.54) is 4.90 Å². The Hall–Kier alpha value is -1.30. The van der Waals surface area contributed by atoms with Gasteiger partial charge in [0.2, 0.25) is 0 Å². The molecule has 0 aromatic carbocycles. The van der Waals surface area contributed by atoms with Crippen LogP contribution in [0, 0.1) is 11.3 Å². The van der Waals surface area contributed by atoms with Crippen molar-refractivity contribution in [1.29, 1.82) is 0 Å². The average molecular weight is 298 g/mol. The fourth-order valence-electron chi connectivity index (χ4n) is 3.55. The van der Waals surface area contributed by atoms with Gasteiger partial charge in [0.15, 0.2) is 0 Å². The molecule has 21 heavy (non-hydrogen) atoms. The van der Waals surface area contributed by atoms with Gasteiger partial charge in [-0.1, -0.05) is 20.8 Å². The van der Waals surface area contributed by atoms with Crippen molar-refractivity contribution < 1.29 is 19.8 Å². The highest BCUT2D eigenvalue weighted by atomic mass is 16.4. The first-order valence-corrected chi connectivity index (χ1v) is 7.70. The number of hydrogen-bond donors (Lipinski definition) is 2. The molecule has 2 fully saturated rings. The topological polar surface area (TPSA) is 81.1 Å². The third-order valence-electron chi connectivity index (χ3n) is 4.88. The molecule has 2 heterocycles. The van der Waals surface area contributed by atoms with Crippen LogP contribution in [0.1, 0.15) is 40.0 Å². The second-order valence-electron chi connectivity index (χ2n) is 7.09. The smallest absolute Gasteiger partial charge is 0.327 e. The van der Waals surface area contributed by atoms with Gasteiger partial charge in [-0.2, -0.15) is 0 Å². The highest BCUT2D eigenvalue weighted by Crippen LogP contribution is 2.36. The number of carbonyl (C=O) groups excluding carboxylic acids is 1. The van der Waals surface area contributed by atoms with E-state index in [9.17, 15) is 19.8 Å². The molecule has 6 heteroatoms. The summed E-state index contributed by atoms with van der Waals surface area (Å²) in [5.74, 6) is -0.901. The van der Waals surface area contributed by atoms with Gasteiger partial charge in [0, 0.05) is 19.6 Å². The van der Waals surface area contributed by atoms with E-state index in [1.807, 2.05) is 20.8 Å². The van der Waals surface area contributed by atoms with Crippen LogP contribution in [0.2, 0.25) is 0 Å². The number of hydrogen-bond acceptors (Lipinski definition) is 3. The largest absolute Gasteiger partial charge is 0.480 e. The number of carboxylic acids is 1. The number of aliphatic hydroxyl groups excluding tert-OH is 1. The van der Waals surface area contributed by atoms with Crippen molar-refractivity contribution in [3.05, 3.63) is 0 Å². The van der Waals surface area contributed by atoms with Crippen molar-refractivity contribution in [3.63, 3.8) is 0 Å². The number of rotatable bonds is 1. The number of aliphatic hydroxyl groups is 1. The van der Waals surface area contributed by atoms with Crippen molar-refractivity contribution in [2.45, 2.75) is 52.2 Å². The van der Waals surface area contributed by atoms with Crippen LogP contribution in [-0.2, 0) is 4.79 Å². The van der Waals surface area contributed by atoms with Gasteiger partial charge in [0.25, 0.3) is 0 Å². The van der Waals surface area contributed by atoms with Gasteiger partial charge in [-0.3, -0.25) is 0 Å². The molecule has 0 aromatic rings. The second-order valence-corrected chi connectivity index (χ2v) is 7.09. The van der Waals surface area contributed by atoms with Crippen LogP contribution in [0.5, 0.6) is 0 Å². The summed E-state index contributed by atoms with van der Waals surface area (Å²) in [4.78, 5) is 27.5. The molecular formula is C15H26N2O4. The van der Waals surface area contributed by atoms with E-state index in [1.54, 1.807) is 4.90 Å². The van der Waals surface area contributed by atoms with Crippen molar-refractivity contribution in [2.75, 3.05) is 19.6 Å². The normalized spacial score (nSPS) is 32.9. The molecule has 0 aromatic heterocycles. The lowest BCUT2D eigenvalue weighted by Gasteiger charge is -2.46. The quantitative estimate of drug-likeness (QED) is 0.766. The molecule has 0 spiro atoms. The van der Waals surface area contributed by atoms with Crippen LogP contribution < -0.4 is 0 Å². The van der Waals surface area contributed by atoms with E-state index in [-0.39, 0.29) is 18.1 Å². The van der Waals surface area contributed by atoms with Gasteiger partial charge in [-0.05, 0) is 30.6 Å². The number of piperidine rings is 2. The zero-order valence-corrected chi connectivity index (χ0v) is 13.1. The standard InChI is InChI=1S/C15H26N2O4/c1-10-9-16(8-5-11(10)18)14(21)17-7-4-6-15(2,3)12(17)13(19)20/h10-12,18H,4-9H2,1-3H3,(H,19,20). The number of carbonyl (C=O) groups is 2. The molecular weight excluding hydrogens is 272 g/mol. The molecule has 0 aliphatic carbocycles. The minimum absolute atomic E-state index is 0.0313. The van der Waals surface area contributed by atoms with Gasteiger partial charge >= 0.3 is 12.0 Å². The molecule has 2 N–H and O–H groups in total. The molecule has 0 bridgehead atoms. The molecule has 2 aliphatic heterocycles. The zero-order valence-electron chi connectivity index (χ0n) is 13.1. The lowest BCUT2D eigenvalue weighted by atomic mass is 9.76. The molecule has 3 unspecified atom stereocenters. The maximum absolute atomic E-state index is 12.7. The minimum Gasteiger partial charge on any atom is -0.480 e. The lowest BCUT2D eigenvalue weighted by Crippen LogP contribution is -2.60. The van der Waals surface area contributed by atoms with E-state index < -0.39 is 17.4 Å². The number of aliphatic carboxylic acids is 1. The maximum Gasteiger partial charge on any atom is 0.327 e. The number of amides is 2. The van der Waals surface area contributed by atoms with E-state index in [4.69, 9.17) is 0 Å². The maximum atomic E-state index is 12.7. The fourth-order valence-corrected chi connectivity index (χ4v) is 3.55. The number of nitrogens with zero attached hydrogens (tertiary/aromatic N) is 2. The van der Waals surface area contributed by atoms with Crippen LogP contribution in [0.25, 0.3) is 0 Å². The molecule has 0 saturated carbocycles. The van der Waals surface area contributed by atoms with Gasteiger partial charge in [0.1, 0.15) is 6.04 Å². The van der Waals surface area contributed by atoms with Crippen molar-refractivity contribution in [2.24, 2.45) is 11.3 Å². The minimum atomic E-state index is -0.932.